The third kappa shape index (κ3) is 2.43. The molecule has 0 aromatic heterocycles. The van der Waals surface area contributed by atoms with Crippen LogP contribution in [0.5, 0.6) is 0 Å². The summed E-state index contributed by atoms with van der Waals surface area (Å²) in [6.07, 6.45) is 2.08. The summed E-state index contributed by atoms with van der Waals surface area (Å²) in [6.45, 7) is 2.10. The SMILES string of the molecule is Cc1ccc2ccccc2c1/C=C1/C(=O)c2ccccc2-c2ccccc21. The number of allylic oxidation sites excluding steroid dienone is 1. The molecule has 0 N–H and O–H groups in total. The summed E-state index contributed by atoms with van der Waals surface area (Å²) in [5, 5.41) is 2.36. The van der Waals surface area contributed by atoms with E-state index in [0.29, 0.717) is 0 Å². The van der Waals surface area contributed by atoms with E-state index in [9.17, 15) is 4.79 Å². The van der Waals surface area contributed by atoms with Gasteiger partial charge in [0.2, 0.25) is 0 Å². The predicted octanol–water partition coefficient (Wildman–Crippen LogP) is 6.55. The Morgan fingerprint density at radius 2 is 1.22 bits per heavy atom. The average Bonchev–Trinajstić information content (AvgIpc) is 2.72. The molecule has 0 saturated heterocycles. The quantitative estimate of drug-likeness (QED) is 0.357. The van der Waals surface area contributed by atoms with Crippen LogP contribution in [-0.4, -0.2) is 5.78 Å². The Labute approximate surface area is 158 Å². The highest BCUT2D eigenvalue weighted by Crippen LogP contribution is 2.40. The fraction of sp³-hybridized carbons (Fsp3) is 0.0385. The first-order valence-corrected chi connectivity index (χ1v) is 9.17. The van der Waals surface area contributed by atoms with Crippen LogP contribution in [0.4, 0.5) is 0 Å². The maximum absolute atomic E-state index is 13.4. The molecule has 1 aliphatic rings. The molecular weight excluding hydrogens is 328 g/mol. The zero-order valence-electron chi connectivity index (χ0n) is 15.1. The number of hydrogen-bond donors (Lipinski definition) is 0. The Bertz CT molecular complexity index is 1240. The molecule has 0 amide bonds. The van der Waals surface area contributed by atoms with Gasteiger partial charge in [0.05, 0.1) is 0 Å². The van der Waals surface area contributed by atoms with E-state index in [4.69, 9.17) is 0 Å². The molecule has 4 aromatic carbocycles. The van der Waals surface area contributed by atoms with Crippen LogP contribution in [0, 0.1) is 6.92 Å². The normalized spacial score (nSPS) is 14.3. The summed E-state index contributed by atoms with van der Waals surface area (Å²) in [7, 11) is 0. The average molecular weight is 346 g/mol. The van der Waals surface area contributed by atoms with Crippen LogP contribution in [0.3, 0.4) is 0 Å². The molecule has 1 nitrogen and oxygen atoms in total. The van der Waals surface area contributed by atoms with Gasteiger partial charge in [0.15, 0.2) is 5.78 Å². The van der Waals surface area contributed by atoms with Gasteiger partial charge in [0.25, 0.3) is 0 Å². The molecule has 0 radical (unpaired) electrons. The van der Waals surface area contributed by atoms with Crippen molar-refractivity contribution in [2.24, 2.45) is 0 Å². The molecular formula is C26H18O. The Kier molecular flexibility index (Phi) is 3.54. The van der Waals surface area contributed by atoms with E-state index < -0.39 is 0 Å². The standard InChI is InChI=1S/C26H18O/c1-17-14-15-18-8-2-3-9-19(18)24(17)16-25-22-12-5-4-10-20(22)21-11-6-7-13-23(21)26(25)27/h2-16H,1H3/b25-16+. The second-order valence-electron chi connectivity index (χ2n) is 7.00. The highest BCUT2D eigenvalue weighted by molar-refractivity contribution is 6.37. The lowest BCUT2D eigenvalue weighted by molar-refractivity contribution is 0.105. The summed E-state index contributed by atoms with van der Waals surface area (Å²) in [4.78, 5) is 13.4. The summed E-state index contributed by atoms with van der Waals surface area (Å²) in [5.74, 6) is 0.0941. The number of carbonyl (C=O) groups excluding carboxylic acids is 1. The van der Waals surface area contributed by atoms with Crippen LogP contribution in [0.25, 0.3) is 33.5 Å². The predicted molar refractivity (Wildman–Crippen MR) is 113 cm³/mol. The highest BCUT2D eigenvalue weighted by atomic mass is 16.1. The van der Waals surface area contributed by atoms with Gasteiger partial charge in [0.1, 0.15) is 0 Å². The van der Waals surface area contributed by atoms with Gasteiger partial charge in [-0.05, 0) is 51.6 Å². The largest absolute Gasteiger partial charge is 0.289 e. The van der Waals surface area contributed by atoms with E-state index in [1.165, 1.54) is 16.3 Å². The molecule has 0 aliphatic heterocycles. The monoisotopic (exact) mass is 346 g/mol. The molecule has 27 heavy (non-hydrogen) atoms. The van der Waals surface area contributed by atoms with Gasteiger partial charge in [-0.1, -0.05) is 84.9 Å². The lowest BCUT2D eigenvalue weighted by atomic mass is 9.80. The molecule has 128 valence electrons. The first kappa shape index (κ1) is 15.8. The second kappa shape index (κ2) is 6.07. The van der Waals surface area contributed by atoms with Crippen LogP contribution < -0.4 is 0 Å². The van der Waals surface area contributed by atoms with Crippen LogP contribution >= 0.6 is 0 Å². The number of benzene rings is 4. The fourth-order valence-corrected chi connectivity index (χ4v) is 4.02. The van der Waals surface area contributed by atoms with Gasteiger partial charge in [-0.15, -0.1) is 0 Å². The summed E-state index contributed by atoms with van der Waals surface area (Å²) in [5.41, 5.74) is 6.98. The molecule has 1 heteroatoms. The van der Waals surface area contributed by atoms with Gasteiger partial charge in [-0.25, -0.2) is 0 Å². The molecule has 0 saturated carbocycles. The van der Waals surface area contributed by atoms with Crippen molar-refractivity contribution in [3.05, 3.63) is 107 Å². The first-order valence-electron chi connectivity index (χ1n) is 9.17. The van der Waals surface area contributed by atoms with Crippen LogP contribution in [0.15, 0.2) is 84.9 Å². The van der Waals surface area contributed by atoms with Crippen molar-refractivity contribution in [3.8, 4) is 11.1 Å². The number of hydrogen-bond acceptors (Lipinski definition) is 1. The molecule has 5 rings (SSSR count). The molecule has 0 heterocycles. The van der Waals surface area contributed by atoms with Crippen molar-refractivity contribution < 1.29 is 4.79 Å². The van der Waals surface area contributed by atoms with Crippen LogP contribution in [0.1, 0.15) is 27.0 Å². The Morgan fingerprint density at radius 1 is 0.630 bits per heavy atom. The second-order valence-corrected chi connectivity index (χ2v) is 7.00. The lowest BCUT2D eigenvalue weighted by Crippen LogP contribution is -2.11. The minimum absolute atomic E-state index is 0.0941. The van der Waals surface area contributed by atoms with Crippen molar-refractivity contribution in [1.82, 2.24) is 0 Å². The maximum Gasteiger partial charge on any atom is 0.194 e. The summed E-state index contributed by atoms with van der Waals surface area (Å²) in [6, 6.07) is 28.7. The minimum Gasteiger partial charge on any atom is -0.289 e. The topological polar surface area (TPSA) is 17.1 Å². The number of aryl methyl sites for hydroxylation is 1. The highest BCUT2D eigenvalue weighted by Gasteiger charge is 2.26. The van der Waals surface area contributed by atoms with Crippen molar-refractivity contribution in [2.75, 3.05) is 0 Å². The Morgan fingerprint density at radius 3 is 2.00 bits per heavy atom. The third-order valence-electron chi connectivity index (χ3n) is 5.40. The third-order valence-corrected chi connectivity index (χ3v) is 5.40. The van der Waals surface area contributed by atoms with E-state index in [1.54, 1.807) is 0 Å². The van der Waals surface area contributed by atoms with E-state index in [-0.39, 0.29) is 5.78 Å². The summed E-state index contributed by atoms with van der Waals surface area (Å²) >= 11 is 0. The van der Waals surface area contributed by atoms with Gasteiger partial charge < -0.3 is 0 Å². The molecule has 1 aliphatic carbocycles. The molecule has 0 unspecified atom stereocenters. The van der Waals surface area contributed by atoms with Gasteiger partial charge >= 0.3 is 0 Å². The van der Waals surface area contributed by atoms with E-state index >= 15 is 0 Å². The lowest BCUT2D eigenvalue weighted by Gasteiger charge is -2.21. The van der Waals surface area contributed by atoms with E-state index in [1.807, 2.05) is 42.5 Å². The van der Waals surface area contributed by atoms with Gasteiger partial charge in [0, 0.05) is 11.1 Å². The Balaban J connectivity index is 1.82. The number of ketones is 1. The molecule has 0 atom stereocenters. The first-order chi connectivity index (χ1) is 13.2. The van der Waals surface area contributed by atoms with Crippen LogP contribution in [0.2, 0.25) is 0 Å². The van der Waals surface area contributed by atoms with E-state index in [0.717, 1.165) is 33.4 Å². The molecule has 0 spiro atoms. The van der Waals surface area contributed by atoms with Crippen molar-refractivity contribution in [1.29, 1.82) is 0 Å². The van der Waals surface area contributed by atoms with Crippen LogP contribution in [-0.2, 0) is 0 Å². The number of carbonyl (C=O) groups is 1. The molecule has 4 aromatic rings. The number of Topliss-reactive ketones (excluding diaryl/α,β-unsaturated/α-hetero) is 1. The van der Waals surface area contributed by atoms with Crippen molar-refractivity contribution in [3.63, 3.8) is 0 Å². The van der Waals surface area contributed by atoms with Crippen molar-refractivity contribution in [2.45, 2.75) is 6.92 Å². The van der Waals surface area contributed by atoms with Crippen molar-refractivity contribution >= 4 is 28.2 Å². The zero-order valence-corrected chi connectivity index (χ0v) is 15.1. The van der Waals surface area contributed by atoms with Gasteiger partial charge in [-0.3, -0.25) is 4.79 Å². The molecule has 0 fully saturated rings. The van der Waals surface area contributed by atoms with Gasteiger partial charge in [-0.2, -0.15) is 0 Å². The fourth-order valence-electron chi connectivity index (χ4n) is 4.02. The maximum atomic E-state index is 13.4. The number of rotatable bonds is 1. The van der Waals surface area contributed by atoms with E-state index in [2.05, 4.69) is 55.5 Å². The zero-order chi connectivity index (χ0) is 18.4. The molecule has 0 bridgehead atoms. The minimum atomic E-state index is 0.0941. The number of fused-ring (bicyclic) bond motifs is 4. The summed E-state index contributed by atoms with van der Waals surface area (Å²) < 4.78 is 0. The Hall–Kier alpha value is -3.45. The smallest absolute Gasteiger partial charge is 0.194 e.